The normalized spacial score (nSPS) is 15.0. The highest BCUT2D eigenvalue weighted by molar-refractivity contribution is 5.93. The minimum absolute atomic E-state index is 0.00285. The van der Waals surface area contributed by atoms with Crippen LogP contribution in [0.1, 0.15) is 23.0 Å². The minimum atomic E-state index is -0.630. The molecule has 0 amide bonds. The van der Waals surface area contributed by atoms with E-state index in [4.69, 9.17) is 13.9 Å². The third-order valence-electron chi connectivity index (χ3n) is 4.74. The van der Waals surface area contributed by atoms with E-state index in [1.807, 2.05) is 30.3 Å². The van der Waals surface area contributed by atoms with Gasteiger partial charge in [-0.3, -0.25) is 14.3 Å². The minimum Gasteiger partial charge on any atom is -0.462 e. The quantitative estimate of drug-likeness (QED) is 0.632. The zero-order valence-corrected chi connectivity index (χ0v) is 15.7. The summed E-state index contributed by atoms with van der Waals surface area (Å²) < 4.78 is 18.2. The Morgan fingerprint density at radius 3 is 2.64 bits per heavy atom. The first-order chi connectivity index (χ1) is 13.7. The van der Waals surface area contributed by atoms with Crippen LogP contribution in [0.25, 0.3) is 16.8 Å². The standard InChI is InChI=1S/C21H22N2O5/c1-2-27-21(25)18-14-23(15-6-4-3-5-7-15)20-17(19(18)24)12-16(28-20)13-22-8-10-26-11-9-22/h3-7,12,14H,2,8-11,13H2,1H3. The van der Waals surface area contributed by atoms with Crippen molar-refractivity contribution in [1.29, 1.82) is 0 Å². The Bertz CT molecular complexity index is 1030. The fourth-order valence-electron chi connectivity index (χ4n) is 3.36. The smallest absolute Gasteiger partial charge is 0.343 e. The van der Waals surface area contributed by atoms with Crippen LogP contribution in [0.5, 0.6) is 0 Å². The molecule has 1 aliphatic heterocycles. The van der Waals surface area contributed by atoms with Crippen LogP contribution in [0.4, 0.5) is 0 Å². The number of hydrogen-bond acceptors (Lipinski definition) is 6. The van der Waals surface area contributed by atoms with Crippen LogP contribution in [0, 0.1) is 0 Å². The number of hydrogen-bond donors (Lipinski definition) is 0. The lowest BCUT2D eigenvalue weighted by molar-refractivity contribution is 0.0315. The lowest BCUT2D eigenvalue weighted by Crippen LogP contribution is -2.35. The van der Waals surface area contributed by atoms with Crippen molar-refractivity contribution < 1.29 is 18.7 Å². The molecule has 0 aliphatic carbocycles. The molecule has 3 aromatic rings. The third kappa shape index (κ3) is 3.58. The summed E-state index contributed by atoms with van der Waals surface area (Å²) in [5.41, 5.74) is 0.840. The molecule has 2 aromatic heterocycles. The van der Waals surface area contributed by atoms with Gasteiger partial charge in [-0.05, 0) is 25.1 Å². The van der Waals surface area contributed by atoms with Gasteiger partial charge in [-0.25, -0.2) is 4.79 Å². The molecule has 7 heteroatoms. The summed E-state index contributed by atoms with van der Waals surface area (Å²) in [6.45, 7) is 5.50. The number of carbonyl (C=O) groups excluding carboxylic acids is 1. The summed E-state index contributed by atoms with van der Waals surface area (Å²) in [6.07, 6.45) is 1.50. The van der Waals surface area contributed by atoms with Crippen LogP contribution in [-0.4, -0.2) is 48.3 Å². The maximum Gasteiger partial charge on any atom is 0.343 e. The van der Waals surface area contributed by atoms with Crippen molar-refractivity contribution >= 4 is 17.1 Å². The molecule has 1 aromatic carbocycles. The average molecular weight is 382 g/mol. The van der Waals surface area contributed by atoms with Crippen molar-refractivity contribution in [2.75, 3.05) is 32.9 Å². The molecule has 1 saturated heterocycles. The van der Waals surface area contributed by atoms with Crippen LogP contribution in [0.2, 0.25) is 0 Å². The summed E-state index contributed by atoms with van der Waals surface area (Å²) >= 11 is 0. The second-order valence-electron chi connectivity index (χ2n) is 6.62. The molecule has 7 nitrogen and oxygen atoms in total. The number of carbonyl (C=O) groups is 1. The lowest BCUT2D eigenvalue weighted by Gasteiger charge is -2.25. The van der Waals surface area contributed by atoms with Crippen LogP contribution < -0.4 is 5.43 Å². The van der Waals surface area contributed by atoms with Gasteiger partial charge in [-0.15, -0.1) is 0 Å². The van der Waals surface area contributed by atoms with Crippen LogP contribution >= 0.6 is 0 Å². The van der Waals surface area contributed by atoms with Crippen molar-refractivity contribution in [3.05, 3.63) is 64.1 Å². The summed E-state index contributed by atoms with van der Waals surface area (Å²) in [5, 5.41) is 0.373. The van der Waals surface area contributed by atoms with Gasteiger partial charge in [-0.1, -0.05) is 18.2 Å². The second-order valence-corrected chi connectivity index (χ2v) is 6.62. The van der Waals surface area contributed by atoms with E-state index in [0.717, 1.165) is 18.8 Å². The Morgan fingerprint density at radius 1 is 1.18 bits per heavy atom. The van der Waals surface area contributed by atoms with Gasteiger partial charge in [0, 0.05) is 25.0 Å². The molecule has 1 fully saturated rings. The van der Waals surface area contributed by atoms with Gasteiger partial charge in [0.2, 0.25) is 11.1 Å². The number of pyridine rings is 1. The number of rotatable bonds is 5. The average Bonchev–Trinajstić information content (AvgIpc) is 3.14. The molecule has 0 N–H and O–H groups in total. The van der Waals surface area contributed by atoms with Gasteiger partial charge in [0.25, 0.3) is 0 Å². The van der Waals surface area contributed by atoms with E-state index in [-0.39, 0.29) is 17.6 Å². The van der Waals surface area contributed by atoms with Crippen molar-refractivity contribution in [2.24, 2.45) is 0 Å². The Morgan fingerprint density at radius 2 is 1.93 bits per heavy atom. The highest BCUT2D eigenvalue weighted by Gasteiger charge is 2.21. The number of para-hydroxylation sites is 1. The van der Waals surface area contributed by atoms with Crippen LogP contribution in [0.15, 0.2) is 51.8 Å². The SMILES string of the molecule is CCOC(=O)c1cn(-c2ccccc2)c2oc(CN3CCOCC3)cc2c1=O. The maximum atomic E-state index is 12.9. The Kier molecular flexibility index (Phi) is 5.27. The van der Waals surface area contributed by atoms with Gasteiger partial charge in [0.15, 0.2) is 0 Å². The van der Waals surface area contributed by atoms with E-state index in [1.54, 1.807) is 17.6 Å². The van der Waals surface area contributed by atoms with Crippen molar-refractivity contribution in [2.45, 2.75) is 13.5 Å². The molecule has 28 heavy (non-hydrogen) atoms. The number of ether oxygens (including phenoxy) is 2. The second kappa shape index (κ2) is 8.00. The summed E-state index contributed by atoms with van der Waals surface area (Å²) in [5.74, 6) is 0.0506. The van der Waals surface area contributed by atoms with E-state index in [0.29, 0.717) is 36.6 Å². The van der Waals surface area contributed by atoms with Gasteiger partial charge in [0.1, 0.15) is 11.3 Å². The third-order valence-corrected chi connectivity index (χ3v) is 4.74. The Labute approximate surface area is 162 Å². The maximum absolute atomic E-state index is 12.9. The van der Waals surface area contributed by atoms with E-state index in [2.05, 4.69) is 4.90 Å². The molecular weight excluding hydrogens is 360 g/mol. The first kappa shape index (κ1) is 18.5. The summed E-state index contributed by atoms with van der Waals surface area (Å²) in [7, 11) is 0. The summed E-state index contributed by atoms with van der Waals surface area (Å²) in [6, 6.07) is 11.2. The molecule has 4 rings (SSSR count). The first-order valence-corrected chi connectivity index (χ1v) is 9.38. The van der Waals surface area contributed by atoms with Gasteiger partial charge in [0.05, 0.1) is 31.8 Å². The molecule has 0 bridgehead atoms. The zero-order valence-electron chi connectivity index (χ0n) is 15.7. The molecule has 0 atom stereocenters. The molecule has 1 aliphatic rings. The van der Waals surface area contributed by atoms with E-state index >= 15 is 0 Å². The predicted octanol–water partition coefficient (Wildman–Crippen LogP) is 2.59. The molecule has 3 heterocycles. The number of benzene rings is 1. The van der Waals surface area contributed by atoms with Crippen molar-refractivity contribution in [3.63, 3.8) is 0 Å². The van der Waals surface area contributed by atoms with Crippen LogP contribution in [-0.2, 0) is 16.0 Å². The van der Waals surface area contributed by atoms with E-state index < -0.39 is 5.97 Å². The monoisotopic (exact) mass is 382 g/mol. The predicted molar refractivity (Wildman–Crippen MR) is 104 cm³/mol. The number of esters is 1. The number of furan rings is 1. The number of nitrogens with zero attached hydrogens (tertiary/aromatic N) is 2. The first-order valence-electron chi connectivity index (χ1n) is 9.38. The Hall–Kier alpha value is -2.90. The van der Waals surface area contributed by atoms with Gasteiger partial charge < -0.3 is 13.9 Å². The highest BCUT2D eigenvalue weighted by Crippen LogP contribution is 2.23. The van der Waals surface area contributed by atoms with Gasteiger partial charge in [-0.2, -0.15) is 0 Å². The molecular formula is C21H22N2O5. The molecule has 0 spiro atoms. The fraction of sp³-hybridized carbons (Fsp3) is 0.333. The lowest BCUT2D eigenvalue weighted by atomic mass is 10.2. The van der Waals surface area contributed by atoms with E-state index in [9.17, 15) is 9.59 Å². The van der Waals surface area contributed by atoms with Crippen molar-refractivity contribution in [1.82, 2.24) is 9.47 Å². The fourth-order valence-corrected chi connectivity index (χ4v) is 3.36. The zero-order chi connectivity index (χ0) is 19.5. The Balaban J connectivity index is 1.83. The molecule has 0 saturated carbocycles. The topological polar surface area (TPSA) is 73.9 Å². The van der Waals surface area contributed by atoms with E-state index in [1.165, 1.54) is 6.20 Å². The number of morpholine rings is 1. The number of aromatic nitrogens is 1. The molecule has 0 unspecified atom stereocenters. The summed E-state index contributed by atoms with van der Waals surface area (Å²) in [4.78, 5) is 27.5. The van der Waals surface area contributed by atoms with Crippen molar-refractivity contribution in [3.8, 4) is 5.69 Å². The largest absolute Gasteiger partial charge is 0.462 e. The van der Waals surface area contributed by atoms with Gasteiger partial charge >= 0.3 is 5.97 Å². The van der Waals surface area contributed by atoms with Crippen LogP contribution in [0.3, 0.4) is 0 Å². The molecule has 0 radical (unpaired) electrons. The number of fused-ring (bicyclic) bond motifs is 1. The molecule has 146 valence electrons. The highest BCUT2D eigenvalue weighted by atomic mass is 16.5.